The number of benzene rings is 2. The van der Waals surface area contributed by atoms with Crippen LogP contribution in [0.4, 0.5) is 10.2 Å². The number of rotatable bonds is 8. The highest BCUT2D eigenvalue weighted by molar-refractivity contribution is 5.91. The molecule has 0 fully saturated rings. The smallest absolute Gasteiger partial charge is 0.294 e. The largest absolute Gasteiger partial charge is 0.315 e. The minimum atomic E-state index is -0.441. The van der Waals surface area contributed by atoms with Gasteiger partial charge in [-0.1, -0.05) is 32.0 Å². The van der Waals surface area contributed by atoms with E-state index in [2.05, 4.69) is 30.7 Å². The number of anilines is 1. The number of carbonyl (C=O) groups excluding carboxylic acids is 1. The summed E-state index contributed by atoms with van der Waals surface area (Å²) in [6.07, 6.45) is 9.20. The molecule has 43 heavy (non-hydrogen) atoms. The Morgan fingerprint density at radius 1 is 1.07 bits per heavy atom. The second-order valence-electron chi connectivity index (χ2n) is 10.5. The van der Waals surface area contributed by atoms with E-state index in [-0.39, 0.29) is 30.0 Å². The number of aromatic nitrogens is 7. The molecule has 0 saturated heterocycles. The molecule has 0 aliphatic heterocycles. The second kappa shape index (κ2) is 11.4. The lowest BCUT2D eigenvalue weighted by Gasteiger charge is -2.16. The molecule has 11 heteroatoms. The molecule has 2 aromatic carbocycles. The average Bonchev–Trinajstić information content (AvgIpc) is 3.67. The Balaban J connectivity index is 1.44. The first kappa shape index (κ1) is 27.7. The van der Waals surface area contributed by atoms with Gasteiger partial charge in [-0.2, -0.15) is 15.4 Å². The van der Waals surface area contributed by atoms with Crippen LogP contribution in [-0.4, -0.2) is 40.4 Å². The molecule has 4 heterocycles. The summed E-state index contributed by atoms with van der Waals surface area (Å²) < 4.78 is 17.5. The van der Waals surface area contributed by atoms with Crippen LogP contribution in [0.1, 0.15) is 31.4 Å². The molecule has 0 spiro atoms. The van der Waals surface area contributed by atoms with Crippen molar-refractivity contribution < 1.29 is 9.18 Å². The zero-order chi connectivity index (χ0) is 30.1. The number of H-pyrrole nitrogens is 1. The number of pyridine rings is 1. The SMILES string of the molecule is CC[C@@H](C)C(=O)Nc1ncc(-c2cccc(-c3cn[nH]n3)c2)n(Cc2cncc(-n3cc(C)c4cc(F)ccc43)c2)c1=O. The van der Waals surface area contributed by atoms with Crippen molar-refractivity contribution in [2.24, 2.45) is 5.92 Å². The number of hydrogen-bond acceptors (Lipinski definition) is 6. The fourth-order valence-corrected chi connectivity index (χ4v) is 5.02. The van der Waals surface area contributed by atoms with Crippen molar-refractivity contribution in [3.63, 3.8) is 0 Å². The topological polar surface area (TPSA) is 123 Å². The summed E-state index contributed by atoms with van der Waals surface area (Å²) in [7, 11) is 0. The van der Waals surface area contributed by atoms with Gasteiger partial charge in [-0.05, 0) is 54.8 Å². The molecule has 0 aliphatic carbocycles. The van der Waals surface area contributed by atoms with Crippen molar-refractivity contribution >= 4 is 22.6 Å². The molecule has 1 atom stereocenters. The van der Waals surface area contributed by atoms with Gasteiger partial charge in [0.25, 0.3) is 5.56 Å². The number of aromatic amines is 1. The van der Waals surface area contributed by atoms with Crippen LogP contribution in [-0.2, 0) is 11.3 Å². The van der Waals surface area contributed by atoms with Crippen molar-refractivity contribution in [1.29, 1.82) is 0 Å². The summed E-state index contributed by atoms with van der Waals surface area (Å²) in [5, 5.41) is 14.2. The van der Waals surface area contributed by atoms with Gasteiger partial charge in [-0.15, -0.1) is 0 Å². The van der Waals surface area contributed by atoms with Crippen LogP contribution in [0.2, 0.25) is 0 Å². The van der Waals surface area contributed by atoms with Crippen molar-refractivity contribution in [1.82, 2.24) is 34.5 Å². The highest BCUT2D eigenvalue weighted by Gasteiger charge is 2.18. The predicted molar refractivity (Wildman–Crippen MR) is 162 cm³/mol. The molecule has 0 saturated carbocycles. The van der Waals surface area contributed by atoms with Gasteiger partial charge in [0.2, 0.25) is 5.91 Å². The molecule has 0 bridgehead atoms. The summed E-state index contributed by atoms with van der Waals surface area (Å²) in [4.78, 5) is 35.4. The lowest BCUT2D eigenvalue weighted by molar-refractivity contribution is -0.119. The molecule has 216 valence electrons. The molecular formula is C32H29FN8O2. The third-order valence-corrected chi connectivity index (χ3v) is 7.59. The fourth-order valence-electron chi connectivity index (χ4n) is 5.02. The maximum Gasteiger partial charge on any atom is 0.294 e. The average molecular weight is 577 g/mol. The van der Waals surface area contributed by atoms with Crippen LogP contribution in [0.3, 0.4) is 0 Å². The number of nitrogens with one attached hydrogen (secondary N) is 2. The standard InChI is InChI=1S/C32H29FN8O2/c1-4-19(2)31(42)37-30-32(43)41(29(16-35-30)23-7-5-6-22(11-23)27-15-36-39-38-27)18-21-10-25(14-34-13-21)40-17-20(3)26-12-24(33)8-9-28(26)40/h5-17,19H,4,18H2,1-3H3,(H,35,37,42)(H,36,38,39)/t19-/m1/s1. The third kappa shape index (κ3) is 5.44. The first-order chi connectivity index (χ1) is 20.8. The molecule has 6 rings (SSSR count). The molecule has 0 unspecified atom stereocenters. The zero-order valence-electron chi connectivity index (χ0n) is 23.9. The maximum atomic E-state index is 13.9. The van der Waals surface area contributed by atoms with Crippen molar-refractivity contribution in [3.05, 3.63) is 107 Å². The Morgan fingerprint density at radius 2 is 1.91 bits per heavy atom. The van der Waals surface area contributed by atoms with E-state index in [4.69, 9.17) is 0 Å². The second-order valence-corrected chi connectivity index (χ2v) is 10.5. The van der Waals surface area contributed by atoms with Crippen LogP contribution in [0.25, 0.3) is 39.1 Å². The van der Waals surface area contributed by atoms with Gasteiger partial charge in [0.05, 0.1) is 42.0 Å². The van der Waals surface area contributed by atoms with Crippen LogP contribution in [0.5, 0.6) is 0 Å². The Morgan fingerprint density at radius 3 is 2.70 bits per heavy atom. The van der Waals surface area contributed by atoms with Crippen molar-refractivity contribution in [2.45, 2.75) is 33.7 Å². The third-order valence-electron chi connectivity index (χ3n) is 7.59. The van der Waals surface area contributed by atoms with E-state index in [1.54, 1.807) is 42.3 Å². The lowest BCUT2D eigenvalue weighted by atomic mass is 10.1. The van der Waals surface area contributed by atoms with Gasteiger partial charge < -0.3 is 9.88 Å². The quantitative estimate of drug-likeness (QED) is 0.246. The van der Waals surface area contributed by atoms with Gasteiger partial charge in [0.15, 0.2) is 5.82 Å². The normalized spacial score (nSPS) is 12.0. The fraction of sp³-hybridized carbons (Fsp3) is 0.188. The highest BCUT2D eigenvalue weighted by Crippen LogP contribution is 2.27. The van der Waals surface area contributed by atoms with E-state index in [0.29, 0.717) is 17.8 Å². The Labute approximate surface area is 246 Å². The van der Waals surface area contributed by atoms with E-state index < -0.39 is 5.56 Å². The van der Waals surface area contributed by atoms with Gasteiger partial charge in [0, 0.05) is 34.8 Å². The maximum absolute atomic E-state index is 13.9. The Kier molecular flexibility index (Phi) is 7.37. The summed E-state index contributed by atoms with van der Waals surface area (Å²) in [5.41, 5.74) is 5.62. The van der Waals surface area contributed by atoms with E-state index in [1.807, 2.05) is 54.9 Å². The number of amides is 1. The minimum Gasteiger partial charge on any atom is -0.315 e. The van der Waals surface area contributed by atoms with Gasteiger partial charge >= 0.3 is 0 Å². The summed E-state index contributed by atoms with van der Waals surface area (Å²) in [5.74, 6) is -0.884. The first-order valence-electron chi connectivity index (χ1n) is 13.9. The van der Waals surface area contributed by atoms with E-state index in [0.717, 1.165) is 38.8 Å². The number of aryl methyl sites for hydroxylation is 1. The van der Waals surface area contributed by atoms with Crippen LogP contribution in [0.15, 0.2) is 84.3 Å². The molecule has 6 aromatic rings. The zero-order valence-corrected chi connectivity index (χ0v) is 23.9. The van der Waals surface area contributed by atoms with Gasteiger partial charge in [-0.3, -0.25) is 19.1 Å². The molecule has 0 radical (unpaired) electrons. The molecular weight excluding hydrogens is 547 g/mol. The number of carbonyl (C=O) groups is 1. The van der Waals surface area contributed by atoms with Gasteiger partial charge in [0.1, 0.15) is 11.5 Å². The van der Waals surface area contributed by atoms with Crippen LogP contribution >= 0.6 is 0 Å². The Hall–Kier alpha value is -5.45. The number of hydrogen-bond donors (Lipinski definition) is 2. The van der Waals surface area contributed by atoms with E-state index in [1.165, 1.54) is 12.1 Å². The Bertz CT molecular complexity index is 2010. The van der Waals surface area contributed by atoms with Crippen LogP contribution < -0.4 is 10.9 Å². The molecule has 4 aromatic heterocycles. The molecule has 10 nitrogen and oxygen atoms in total. The molecule has 1 amide bonds. The summed E-state index contributed by atoms with van der Waals surface area (Å²) >= 11 is 0. The minimum absolute atomic E-state index is 0.0418. The van der Waals surface area contributed by atoms with Crippen LogP contribution in [0, 0.1) is 18.7 Å². The highest BCUT2D eigenvalue weighted by atomic mass is 19.1. The number of nitrogens with zero attached hydrogens (tertiary/aromatic N) is 6. The van der Waals surface area contributed by atoms with E-state index in [9.17, 15) is 14.0 Å². The van der Waals surface area contributed by atoms with E-state index >= 15 is 0 Å². The first-order valence-corrected chi connectivity index (χ1v) is 13.9. The van der Waals surface area contributed by atoms with Crippen molar-refractivity contribution in [2.75, 3.05) is 5.32 Å². The van der Waals surface area contributed by atoms with Crippen molar-refractivity contribution in [3.8, 4) is 28.2 Å². The number of fused-ring (bicyclic) bond motifs is 1. The predicted octanol–water partition coefficient (Wildman–Crippen LogP) is 5.51. The summed E-state index contributed by atoms with van der Waals surface area (Å²) in [6, 6.07) is 14.2. The number of halogens is 1. The molecule has 2 N–H and O–H groups in total. The van der Waals surface area contributed by atoms with Gasteiger partial charge in [-0.25, -0.2) is 9.37 Å². The molecule has 0 aliphatic rings. The lowest BCUT2D eigenvalue weighted by Crippen LogP contribution is -2.30. The monoisotopic (exact) mass is 576 g/mol. The summed E-state index contributed by atoms with van der Waals surface area (Å²) in [6.45, 7) is 5.80.